The molecule has 0 radical (unpaired) electrons. The van der Waals surface area contributed by atoms with E-state index in [1.807, 2.05) is 54.6 Å². The van der Waals surface area contributed by atoms with Crippen LogP contribution in [0.25, 0.3) is 12.2 Å². The molecule has 0 heterocycles. The lowest BCUT2D eigenvalue weighted by Gasteiger charge is -2.13. The first-order chi connectivity index (χ1) is 16.5. The third-order valence-corrected chi connectivity index (χ3v) is 5.32. The Morgan fingerprint density at radius 3 is 2.12 bits per heavy atom. The Labute approximate surface area is 200 Å². The van der Waals surface area contributed by atoms with Gasteiger partial charge in [-0.2, -0.15) is 0 Å². The standard InChI is InChI=1S/C28H29NO5/c1-31-25-15-14-22(18-23(25)29)24(30)11-7-10-20-8-5-6-9-21(20)13-12-19-16-26(32-2)28(34-4)27(17-19)33-3/h5-9,11-18H,10,29H2,1-4H3/b11-7-,13-12-. The van der Waals surface area contributed by atoms with E-state index in [1.54, 1.807) is 52.7 Å². The second-order valence-electron chi connectivity index (χ2n) is 7.42. The number of methoxy groups -OCH3 is 4. The molecule has 0 atom stereocenters. The Morgan fingerprint density at radius 2 is 1.50 bits per heavy atom. The molecule has 176 valence electrons. The van der Waals surface area contributed by atoms with Crippen LogP contribution in [0.4, 0.5) is 5.69 Å². The fourth-order valence-electron chi connectivity index (χ4n) is 3.54. The SMILES string of the molecule is COc1ccc(C(=O)/C=C\Cc2ccccc2/C=C\c2cc(OC)c(OC)c(OC)c2)cc1N. The number of carbonyl (C=O) groups is 1. The Kier molecular flexibility index (Phi) is 8.35. The van der Waals surface area contributed by atoms with E-state index >= 15 is 0 Å². The van der Waals surface area contributed by atoms with Gasteiger partial charge in [-0.15, -0.1) is 0 Å². The molecule has 3 aromatic carbocycles. The van der Waals surface area contributed by atoms with Crippen LogP contribution in [-0.4, -0.2) is 34.2 Å². The number of hydrogen-bond acceptors (Lipinski definition) is 6. The van der Waals surface area contributed by atoms with Crippen molar-refractivity contribution in [2.75, 3.05) is 34.2 Å². The highest BCUT2D eigenvalue weighted by atomic mass is 16.5. The van der Waals surface area contributed by atoms with Crippen LogP contribution in [0.2, 0.25) is 0 Å². The highest BCUT2D eigenvalue weighted by molar-refractivity contribution is 6.05. The van der Waals surface area contributed by atoms with Crippen LogP contribution in [0.3, 0.4) is 0 Å². The Balaban J connectivity index is 1.77. The summed E-state index contributed by atoms with van der Waals surface area (Å²) in [5, 5.41) is 0. The predicted octanol–water partition coefficient (Wildman–Crippen LogP) is 5.46. The van der Waals surface area contributed by atoms with Gasteiger partial charge in [-0.1, -0.05) is 42.5 Å². The number of carbonyl (C=O) groups excluding carboxylic acids is 1. The second-order valence-corrected chi connectivity index (χ2v) is 7.42. The number of nitrogen functional groups attached to an aromatic ring is 1. The van der Waals surface area contributed by atoms with Crippen LogP contribution < -0.4 is 24.7 Å². The molecule has 0 aromatic heterocycles. The summed E-state index contributed by atoms with van der Waals surface area (Å²) in [6.07, 6.45) is 8.04. The molecule has 3 rings (SSSR count). The minimum Gasteiger partial charge on any atom is -0.495 e. The molecule has 2 N–H and O–H groups in total. The first kappa shape index (κ1) is 24.5. The molecule has 0 aliphatic carbocycles. The largest absolute Gasteiger partial charge is 0.495 e. The summed E-state index contributed by atoms with van der Waals surface area (Å²) in [5.74, 6) is 2.18. The molecular weight excluding hydrogens is 430 g/mol. The monoisotopic (exact) mass is 459 g/mol. The molecule has 34 heavy (non-hydrogen) atoms. The van der Waals surface area contributed by atoms with Gasteiger partial charge in [-0.05, 0) is 59.5 Å². The third kappa shape index (κ3) is 5.78. The summed E-state index contributed by atoms with van der Waals surface area (Å²) < 4.78 is 21.4. The number of benzene rings is 3. The molecule has 0 unspecified atom stereocenters. The van der Waals surface area contributed by atoms with Crippen molar-refractivity contribution in [3.63, 3.8) is 0 Å². The van der Waals surface area contributed by atoms with Crippen molar-refractivity contribution in [3.05, 3.63) is 89.0 Å². The highest BCUT2D eigenvalue weighted by Crippen LogP contribution is 2.38. The van der Waals surface area contributed by atoms with E-state index in [0.29, 0.717) is 40.7 Å². The molecule has 6 nitrogen and oxygen atoms in total. The van der Waals surface area contributed by atoms with Crippen molar-refractivity contribution in [2.45, 2.75) is 6.42 Å². The van der Waals surface area contributed by atoms with Gasteiger partial charge >= 0.3 is 0 Å². The van der Waals surface area contributed by atoms with Crippen molar-refractivity contribution in [2.24, 2.45) is 0 Å². The number of hydrogen-bond donors (Lipinski definition) is 1. The summed E-state index contributed by atoms with van der Waals surface area (Å²) in [4.78, 5) is 12.5. The van der Waals surface area contributed by atoms with Gasteiger partial charge in [0.15, 0.2) is 17.3 Å². The van der Waals surface area contributed by atoms with Gasteiger partial charge in [0.25, 0.3) is 0 Å². The fraction of sp³-hybridized carbons (Fsp3) is 0.179. The predicted molar refractivity (Wildman–Crippen MR) is 136 cm³/mol. The lowest BCUT2D eigenvalue weighted by atomic mass is 10.0. The van der Waals surface area contributed by atoms with Gasteiger partial charge in [-0.3, -0.25) is 4.79 Å². The van der Waals surface area contributed by atoms with Crippen LogP contribution in [-0.2, 0) is 6.42 Å². The molecule has 3 aromatic rings. The average molecular weight is 460 g/mol. The van der Waals surface area contributed by atoms with Crippen molar-refractivity contribution >= 4 is 23.6 Å². The molecule has 0 saturated heterocycles. The Morgan fingerprint density at radius 1 is 0.824 bits per heavy atom. The molecule has 0 aliphatic rings. The summed E-state index contributed by atoms with van der Waals surface area (Å²) in [6.45, 7) is 0. The van der Waals surface area contributed by atoms with Gasteiger partial charge in [0.05, 0.1) is 34.1 Å². The number of nitrogens with two attached hydrogens (primary N) is 1. The Hall–Kier alpha value is -4.19. The first-order valence-corrected chi connectivity index (χ1v) is 10.7. The van der Waals surface area contributed by atoms with E-state index in [9.17, 15) is 4.79 Å². The van der Waals surface area contributed by atoms with Crippen LogP contribution in [0, 0.1) is 0 Å². The number of anilines is 1. The quantitative estimate of drug-likeness (QED) is 0.188. The molecule has 0 bridgehead atoms. The summed E-state index contributed by atoms with van der Waals surface area (Å²) >= 11 is 0. The van der Waals surface area contributed by atoms with Gasteiger partial charge < -0.3 is 24.7 Å². The molecule has 0 amide bonds. The molecule has 6 heteroatoms. The minimum absolute atomic E-state index is 0.111. The zero-order valence-electron chi connectivity index (χ0n) is 19.8. The minimum atomic E-state index is -0.111. The molecule has 0 aliphatic heterocycles. The zero-order chi connectivity index (χ0) is 24.5. The zero-order valence-corrected chi connectivity index (χ0v) is 19.8. The maximum atomic E-state index is 12.5. The maximum absolute atomic E-state index is 12.5. The summed E-state index contributed by atoms with van der Waals surface area (Å²) in [5.41, 5.74) is 9.90. The van der Waals surface area contributed by atoms with Crippen LogP contribution in [0.5, 0.6) is 23.0 Å². The smallest absolute Gasteiger partial charge is 0.203 e. The van der Waals surface area contributed by atoms with E-state index in [-0.39, 0.29) is 5.78 Å². The number of allylic oxidation sites excluding steroid dienone is 2. The third-order valence-electron chi connectivity index (χ3n) is 5.32. The van der Waals surface area contributed by atoms with Gasteiger partial charge in [0, 0.05) is 5.56 Å². The molecule has 0 fully saturated rings. The van der Waals surface area contributed by atoms with Crippen LogP contribution in [0.15, 0.2) is 66.7 Å². The fourth-order valence-corrected chi connectivity index (χ4v) is 3.54. The average Bonchev–Trinajstić information content (AvgIpc) is 2.87. The molecule has 0 spiro atoms. The van der Waals surface area contributed by atoms with Crippen LogP contribution >= 0.6 is 0 Å². The lowest BCUT2D eigenvalue weighted by Crippen LogP contribution is -1.99. The van der Waals surface area contributed by atoms with Gasteiger partial charge in [-0.25, -0.2) is 0 Å². The van der Waals surface area contributed by atoms with Crippen molar-refractivity contribution < 1.29 is 23.7 Å². The van der Waals surface area contributed by atoms with Crippen LogP contribution in [0.1, 0.15) is 27.0 Å². The molecule has 0 saturated carbocycles. The van der Waals surface area contributed by atoms with Crippen molar-refractivity contribution in [1.29, 1.82) is 0 Å². The normalized spacial score (nSPS) is 11.1. The van der Waals surface area contributed by atoms with E-state index in [2.05, 4.69) is 0 Å². The van der Waals surface area contributed by atoms with Crippen molar-refractivity contribution in [1.82, 2.24) is 0 Å². The van der Waals surface area contributed by atoms with E-state index in [0.717, 1.165) is 16.7 Å². The Bertz CT molecular complexity index is 1190. The number of ether oxygens (including phenoxy) is 4. The molecular formula is C28H29NO5. The summed E-state index contributed by atoms with van der Waals surface area (Å²) in [6, 6.07) is 16.8. The second kappa shape index (κ2) is 11.6. The highest BCUT2D eigenvalue weighted by Gasteiger charge is 2.12. The van der Waals surface area contributed by atoms with Gasteiger partial charge in [0.2, 0.25) is 5.75 Å². The van der Waals surface area contributed by atoms with Gasteiger partial charge in [0.1, 0.15) is 5.75 Å². The first-order valence-electron chi connectivity index (χ1n) is 10.7. The number of rotatable bonds is 10. The maximum Gasteiger partial charge on any atom is 0.203 e. The van der Waals surface area contributed by atoms with E-state index in [1.165, 1.54) is 0 Å². The number of ketones is 1. The van der Waals surface area contributed by atoms with E-state index < -0.39 is 0 Å². The van der Waals surface area contributed by atoms with E-state index in [4.69, 9.17) is 24.7 Å². The lowest BCUT2D eigenvalue weighted by molar-refractivity contribution is 0.104. The summed E-state index contributed by atoms with van der Waals surface area (Å²) in [7, 11) is 6.30. The van der Waals surface area contributed by atoms with Crippen molar-refractivity contribution in [3.8, 4) is 23.0 Å². The topological polar surface area (TPSA) is 80.0 Å².